The van der Waals surface area contributed by atoms with Crippen LogP contribution < -0.4 is 10.2 Å². The Bertz CT molecular complexity index is 791. The molecule has 4 rings (SSSR count). The summed E-state index contributed by atoms with van der Waals surface area (Å²) in [5, 5.41) is 2.81. The molecule has 2 aromatic rings. The predicted molar refractivity (Wildman–Crippen MR) is 84.9 cm³/mol. The van der Waals surface area contributed by atoms with Gasteiger partial charge in [-0.3, -0.25) is 4.79 Å². The monoisotopic (exact) mass is 312 g/mol. The molecule has 0 aliphatic carbocycles. The van der Waals surface area contributed by atoms with Gasteiger partial charge in [0.15, 0.2) is 0 Å². The highest BCUT2D eigenvalue weighted by Crippen LogP contribution is 2.37. The van der Waals surface area contributed by atoms with E-state index >= 15 is 0 Å². The number of hydrogen-bond donors (Lipinski definition) is 2. The Morgan fingerprint density at radius 2 is 2.09 bits per heavy atom. The van der Waals surface area contributed by atoms with E-state index in [0.717, 1.165) is 35.9 Å². The number of morpholine rings is 1. The van der Waals surface area contributed by atoms with Crippen molar-refractivity contribution in [1.29, 1.82) is 0 Å². The van der Waals surface area contributed by atoms with Gasteiger partial charge in [0, 0.05) is 13.1 Å². The third kappa shape index (κ3) is 2.36. The van der Waals surface area contributed by atoms with Crippen LogP contribution in [0.2, 0.25) is 0 Å². The first-order valence-corrected chi connectivity index (χ1v) is 7.45. The molecule has 118 valence electrons. The average molecular weight is 312 g/mol. The van der Waals surface area contributed by atoms with Crippen LogP contribution in [0.15, 0.2) is 12.7 Å². The maximum atomic E-state index is 12.4. The van der Waals surface area contributed by atoms with Gasteiger partial charge < -0.3 is 19.9 Å². The quantitative estimate of drug-likeness (QED) is 0.798. The molecule has 8 heteroatoms. The van der Waals surface area contributed by atoms with Gasteiger partial charge in [0.1, 0.15) is 18.0 Å². The van der Waals surface area contributed by atoms with Gasteiger partial charge in [-0.2, -0.15) is 0 Å². The molecular formula is C15H16N6O2. The standard InChI is InChI=1S/C15H16N6O2/c1-9-11(17-7-16-9)6-10-12-13(20-15(10)22)18-8-19-14(12)21-2-4-23-5-3-21/h6-8H,2-5H2,1H3,(H,16,17)(H,18,19,20,22)/b10-6-. The van der Waals surface area contributed by atoms with Crippen molar-refractivity contribution in [1.82, 2.24) is 19.9 Å². The number of anilines is 2. The molecule has 1 saturated heterocycles. The molecule has 2 aliphatic rings. The van der Waals surface area contributed by atoms with Crippen LogP contribution in [0.3, 0.4) is 0 Å². The number of rotatable bonds is 2. The number of imidazole rings is 1. The Kier molecular flexibility index (Phi) is 3.30. The fourth-order valence-corrected chi connectivity index (χ4v) is 2.82. The number of carbonyl (C=O) groups excluding carboxylic acids is 1. The van der Waals surface area contributed by atoms with E-state index < -0.39 is 0 Å². The lowest BCUT2D eigenvalue weighted by atomic mass is 10.1. The number of nitrogens with one attached hydrogen (secondary N) is 2. The van der Waals surface area contributed by atoms with Gasteiger partial charge in [-0.05, 0) is 13.0 Å². The topological polar surface area (TPSA) is 96.0 Å². The lowest BCUT2D eigenvalue weighted by molar-refractivity contribution is -0.110. The Hall–Kier alpha value is -2.74. The summed E-state index contributed by atoms with van der Waals surface area (Å²) in [6, 6.07) is 0. The number of nitrogens with zero attached hydrogens (tertiary/aromatic N) is 4. The van der Waals surface area contributed by atoms with Crippen molar-refractivity contribution in [3.8, 4) is 0 Å². The molecule has 8 nitrogen and oxygen atoms in total. The van der Waals surface area contributed by atoms with Crippen LogP contribution in [0.1, 0.15) is 17.0 Å². The second-order valence-electron chi connectivity index (χ2n) is 5.43. The molecule has 0 unspecified atom stereocenters. The third-order valence-electron chi connectivity index (χ3n) is 4.04. The van der Waals surface area contributed by atoms with Gasteiger partial charge in [0.05, 0.1) is 42.1 Å². The van der Waals surface area contributed by atoms with E-state index in [1.165, 1.54) is 6.33 Å². The van der Waals surface area contributed by atoms with E-state index in [4.69, 9.17) is 4.74 Å². The van der Waals surface area contributed by atoms with Crippen molar-refractivity contribution in [2.45, 2.75) is 6.92 Å². The molecule has 4 heterocycles. The zero-order valence-corrected chi connectivity index (χ0v) is 12.7. The Morgan fingerprint density at radius 3 is 2.83 bits per heavy atom. The average Bonchev–Trinajstić information content (AvgIpc) is 3.12. The van der Waals surface area contributed by atoms with Crippen molar-refractivity contribution >= 4 is 29.2 Å². The number of H-pyrrole nitrogens is 1. The summed E-state index contributed by atoms with van der Waals surface area (Å²) >= 11 is 0. The summed E-state index contributed by atoms with van der Waals surface area (Å²) in [7, 11) is 0. The molecule has 0 radical (unpaired) electrons. The number of ether oxygens (including phenoxy) is 1. The van der Waals surface area contributed by atoms with Crippen LogP contribution in [-0.2, 0) is 9.53 Å². The number of fused-ring (bicyclic) bond motifs is 1. The highest BCUT2D eigenvalue weighted by atomic mass is 16.5. The molecule has 0 bridgehead atoms. The zero-order chi connectivity index (χ0) is 15.8. The van der Waals surface area contributed by atoms with E-state index in [9.17, 15) is 4.79 Å². The third-order valence-corrected chi connectivity index (χ3v) is 4.04. The lowest BCUT2D eigenvalue weighted by Gasteiger charge is -2.28. The lowest BCUT2D eigenvalue weighted by Crippen LogP contribution is -2.37. The van der Waals surface area contributed by atoms with E-state index in [1.54, 1.807) is 12.4 Å². The van der Waals surface area contributed by atoms with Gasteiger partial charge in [0.2, 0.25) is 0 Å². The number of carbonyl (C=O) groups is 1. The molecule has 1 amide bonds. The maximum absolute atomic E-state index is 12.4. The van der Waals surface area contributed by atoms with Gasteiger partial charge in [0.25, 0.3) is 5.91 Å². The molecule has 0 spiro atoms. The summed E-state index contributed by atoms with van der Waals surface area (Å²) in [4.78, 5) is 30.3. The van der Waals surface area contributed by atoms with E-state index in [0.29, 0.717) is 24.6 Å². The first-order valence-electron chi connectivity index (χ1n) is 7.45. The second-order valence-corrected chi connectivity index (χ2v) is 5.43. The van der Waals surface area contributed by atoms with Crippen LogP contribution in [-0.4, -0.2) is 52.1 Å². The Balaban J connectivity index is 1.82. The van der Waals surface area contributed by atoms with Gasteiger partial charge in [-0.15, -0.1) is 0 Å². The van der Waals surface area contributed by atoms with Crippen molar-refractivity contribution in [3.63, 3.8) is 0 Å². The zero-order valence-electron chi connectivity index (χ0n) is 12.7. The first-order chi connectivity index (χ1) is 11.2. The number of aryl methyl sites for hydroxylation is 1. The molecule has 23 heavy (non-hydrogen) atoms. The highest BCUT2D eigenvalue weighted by Gasteiger charge is 2.31. The largest absolute Gasteiger partial charge is 0.378 e. The molecule has 0 aromatic carbocycles. The van der Waals surface area contributed by atoms with Gasteiger partial charge in [-0.1, -0.05) is 0 Å². The molecule has 1 fully saturated rings. The van der Waals surface area contributed by atoms with Gasteiger partial charge in [-0.25, -0.2) is 15.0 Å². The smallest absolute Gasteiger partial charge is 0.257 e. The molecular weight excluding hydrogens is 296 g/mol. The Labute approximate surface area is 132 Å². The molecule has 0 saturated carbocycles. The van der Waals surface area contributed by atoms with Crippen molar-refractivity contribution < 1.29 is 9.53 Å². The second kappa shape index (κ2) is 5.47. The highest BCUT2D eigenvalue weighted by molar-refractivity contribution is 6.35. The minimum atomic E-state index is -0.177. The summed E-state index contributed by atoms with van der Waals surface area (Å²) in [6.45, 7) is 4.68. The van der Waals surface area contributed by atoms with Crippen LogP contribution in [0.5, 0.6) is 0 Å². The van der Waals surface area contributed by atoms with E-state index in [1.807, 2.05) is 6.92 Å². The van der Waals surface area contributed by atoms with E-state index in [2.05, 4.69) is 30.2 Å². The van der Waals surface area contributed by atoms with Crippen LogP contribution >= 0.6 is 0 Å². The molecule has 2 aromatic heterocycles. The molecule has 2 aliphatic heterocycles. The summed E-state index contributed by atoms with van der Waals surface area (Å²) in [5.41, 5.74) is 2.94. The normalized spacial score (nSPS) is 19.1. The van der Waals surface area contributed by atoms with E-state index in [-0.39, 0.29) is 5.91 Å². The number of hydrogen-bond acceptors (Lipinski definition) is 6. The van der Waals surface area contributed by atoms with Crippen LogP contribution in [0.25, 0.3) is 11.6 Å². The van der Waals surface area contributed by atoms with Gasteiger partial charge >= 0.3 is 0 Å². The predicted octanol–water partition coefficient (Wildman–Crippen LogP) is 0.837. The summed E-state index contributed by atoms with van der Waals surface area (Å²) in [5.74, 6) is 1.14. The van der Waals surface area contributed by atoms with Crippen LogP contribution in [0.4, 0.5) is 11.6 Å². The fourth-order valence-electron chi connectivity index (χ4n) is 2.82. The van der Waals surface area contributed by atoms with Crippen molar-refractivity contribution in [2.24, 2.45) is 0 Å². The maximum Gasteiger partial charge on any atom is 0.257 e. The van der Waals surface area contributed by atoms with Crippen molar-refractivity contribution in [3.05, 3.63) is 29.6 Å². The molecule has 0 atom stereocenters. The van der Waals surface area contributed by atoms with Crippen molar-refractivity contribution in [2.75, 3.05) is 36.5 Å². The molecule has 2 N–H and O–H groups in total. The van der Waals surface area contributed by atoms with Crippen LogP contribution in [0, 0.1) is 6.92 Å². The fraction of sp³-hybridized carbons (Fsp3) is 0.333. The minimum Gasteiger partial charge on any atom is -0.378 e. The minimum absolute atomic E-state index is 0.177. The summed E-state index contributed by atoms with van der Waals surface area (Å²) < 4.78 is 5.39. The first kappa shape index (κ1) is 13.9. The number of aromatic nitrogens is 4. The number of aromatic amines is 1. The number of amides is 1. The SMILES string of the molecule is Cc1nc[nH]c1/C=C1\C(=O)Nc2ncnc(N3CCOCC3)c21. The Morgan fingerprint density at radius 1 is 1.26 bits per heavy atom. The summed E-state index contributed by atoms with van der Waals surface area (Å²) in [6.07, 6.45) is 4.89.